The second-order valence-corrected chi connectivity index (χ2v) is 7.20. The van der Waals surface area contributed by atoms with Gasteiger partial charge < -0.3 is 20.8 Å². The number of ether oxygens (including phenoxy) is 1. The molecule has 0 fully saturated rings. The van der Waals surface area contributed by atoms with Crippen molar-refractivity contribution in [2.45, 2.75) is 13.5 Å². The Labute approximate surface area is 183 Å². The average molecular weight is 444 g/mol. The quantitative estimate of drug-likeness (QED) is 0.443. The van der Waals surface area contributed by atoms with Gasteiger partial charge in [0.2, 0.25) is 0 Å². The molecular formula is C21H19Cl2N5O2. The molecule has 0 unspecified atom stereocenters. The minimum absolute atomic E-state index is 0.148. The molecule has 2 heterocycles. The Balaban J connectivity index is 1.83. The second-order valence-electron chi connectivity index (χ2n) is 6.38. The van der Waals surface area contributed by atoms with Crippen LogP contribution in [0.4, 0.5) is 11.5 Å². The Morgan fingerprint density at radius 1 is 1.17 bits per heavy atom. The first-order valence-corrected chi connectivity index (χ1v) is 9.67. The van der Waals surface area contributed by atoms with Gasteiger partial charge in [-0.2, -0.15) is 0 Å². The summed E-state index contributed by atoms with van der Waals surface area (Å²) in [5, 5.41) is 14.7. The smallest absolute Gasteiger partial charge is 0.258 e. The van der Waals surface area contributed by atoms with Crippen LogP contribution < -0.4 is 15.4 Å². The number of carbonyl (C=O) groups is 1. The third-order valence-electron chi connectivity index (χ3n) is 4.20. The number of halogens is 2. The molecule has 0 bridgehead atoms. The average Bonchev–Trinajstić information content (AvgIpc) is 2.73. The van der Waals surface area contributed by atoms with E-state index in [0.717, 1.165) is 5.56 Å². The van der Waals surface area contributed by atoms with Gasteiger partial charge in [-0.3, -0.25) is 9.78 Å². The van der Waals surface area contributed by atoms with Crippen molar-refractivity contribution in [1.82, 2.24) is 9.97 Å². The van der Waals surface area contributed by atoms with Gasteiger partial charge in [0, 0.05) is 35.4 Å². The maximum absolute atomic E-state index is 12.7. The fourth-order valence-electron chi connectivity index (χ4n) is 2.71. The normalized spacial score (nSPS) is 10.4. The summed E-state index contributed by atoms with van der Waals surface area (Å²) < 4.78 is 5.17. The lowest BCUT2D eigenvalue weighted by Crippen LogP contribution is -2.16. The van der Waals surface area contributed by atoms with Crippen molar-refractivity contribution < 1.29 is 9.53 Å². The molecule has 0 aliphatic carbocycles. The number of amides is 1. The van der Waals surface area contributed by atoms with E-state index in [1.54, 1.807) is 50.7 Å². The van der Waals surface area contributed by atoms with Gasteiger partial charge in [0.05, 0.1) is 29.5 Å². The molecule has 0 aliphatic rings. The molecule has 3 N–H and O–H groups in total. The highest BCUT2D eigenvalue weighted by atomic mass is 35.5. The maximum atomic E-state index is 12.7. The molecular weight excluding hydrogens is 425 g/mol. The van der Waals surface area contributed by atoms with Gasteiger partial charge in [-0.1, -0.05) is 23.2 Å². The number of nitrogens with zero attached hydrogens (tertiary/aromatic N) is 2. The van der Waals surface area contributed by atoms with Crippen LogP contribution in [0.25, 0.3) is 0 Å². The van der Waals surface area contributed by atoms with Crippen LogP contribution in [0, 0.1) is 5.41 Å². The van der Waals surface area contributed by atoms with Crippen molar-refractivity contribution in [2.75, 3.05) is 17.7 Å². The largest absolute Gasteiger partial charge is 0.495 e. The lowest BCUT2D eigenvalue weighted by molar-refractivity contribution is 0.102. The Kier molecular flexibility index (Phi) is 6.87. The minimum atomic E-state index is -0.430. The Morgan fingerprint density at radius 3 is 2.57 bits per heavy atom. The number of anilines is 2. The molecule has 0 spiro atoms. The van der Waals surface area contributed by atoms with Crippen molar-refractivity contribution in [3.05, 3.63) is 75.7 Å². The molecule has 0 radical (unpaired) electrons. The lowest BCUT2D eigenvalue weighted by atomic mass is 10.1. The van der Waals surface area contributed by atoms with Crippen LogP contribution in [0.5, 0.6) is 5.75 Å². The van der Waals surface area contributed by atoms with Crippen LogP contribution in [0.2, 0.25) is 10.0 Å². The Hall–Kier alpha value is -3.16. The second kappa shape index (κ2) is 9.56. The van der Waals surface area contributed by atoms with Crippen LogP contribution in [0.1, 0.15) is 28.4 Å². The van der Waals surface area contributed by atoms with Gasteiger partial charge in [0.1, 0.15) is 11.6 Å². The van der Waals surface area contributed by atoms with E-state index in [1.165, 1.54) is 6.20 Å². The molecule has 0 aliphatic heterocycles. The van der Waals surface area contributed by atoms with Crippen molar-refractivity contribution >= 4 is 46.3 Å². The summed E-state index contributed by atoms with van der Waals surface area (Å²) in [4.78, 5) is 21.1. The first kappa shape index (κ1) is 21.5. The summed E-state index contributed by atoms with van der Waals surface area (Å²) in [7, 11) is 1.57. The third-order valence-corrected chi connectivity index (χ3v) is 4.85. The first-order chi connectivity index (χ1) is 14.4. The number of aromatic nitrogens is 2. The van der Waals surface area contributed by atoms with Gasteiger partial charge in [-0.15, -0.1) is 0 Å². The van der Waals surface area contributed by atoms with Crippen LogP contribution in [0.15, 0.2) is 48.9 Å². The highest BCUT2D eigenvalue weighted by Gasteiger charge is 2.20. The third kappa shape index (κ3) is 5.06. The molecule has 3 rings (SSSR count). The van der Waals surface area contributed by atoms with Crippen molar-refractivity contribution in [3.8, 4) is 5.75 Å². The molecule has 0 saturated heterocycles. The molecule has 7 nitrogen and oxygen atoms in total. The number of benzene rings is 1. The summed E-state index contributed by atoms with van der Waals surface area (Å²) >= 11 is 12.4. The molecule has 0 saturated carbocycles. The van der Waals surface area contributed by atoms with Crippen LogP contribution >= 0.6 is 23.2 Å². The van der Waals surface area contributed by atoms with E-state index in [0.29, 0.717) is 34.4 Å². The van der Waals surface area contributed by atoms with Gasteiger partial charge in [-0.25, -0.2) is 4.98 Å². The van der Waals surface area contributed by atoms with Gasteiger partial charge >= 0.3 is 0 Å². The highest BCUT2D eigenvalue weighted by molar-refractivity contribution is 6.38. The number of methoxy groups -OCH3 is 1. The summed E-state index contributed by atoms with van der Waals surface area (Å²) in [6.45, 7) is 1.98. The first-order valence-electron chi connectivity index (χ1n) is 8.91. The monoisotopic (exact) mass is 443 g/mol. The molecule has 1 aromatic carbocycles. The zero-order chi connectivity index (χ0) is 21.7. The van der Waals surface area contributed by atoms with Gasteiger partial charge in [0.25, 0.3) is 5.91 Å². The Bertz CT molecular complexity index is 1090. The van der Waals surface area contributed by atoms with Gasteiger partial charge in [-0.05, 0) is 42.8 Å². The minimum Gasteiger partial charge on any atom is -0.495 e. The van der Waals surface area contributed by atoms with E-state index in [1.807, 2.05) is 6.07 Å². The molecule has 9 heteroatoms. The standard InChI is InChI=1S/C21H19Cl2N5O2/c1-12(24)18-19(23)17(21(29)28-15-5-3-14(22)4-6-15)11-27-20(18)26-9-13-7-16(30-2)10-25-8-13/h3-8,10-11,24H,9H2,1-2H3,(H,26,27)(H,28,29). The summed E-state index contributed by atoms with van der Waals surface area (Å²) in [6, 6.07) is 8.55. The van der Waals surface area contributed by atoms with E-state index < -0.39 is 5.91 Å². The van der Waals surface area contributed by atoms with E-state index >= 15 is 0 Å². The topological polar surface area (TPSA) is 100.0 Å². The van der Waals surface area contributed by atoms with E-state index in [-0.39, 0.29) is 16.3 Å². The highest BCUT2D eigenvalue weighted by Crippen LogP contribution is 2.28. The lowest BCUT2D eigenvalue weighted by Gasteiger charge is -2.15. The van der Waals surface area contributed by atoms with E-state index in [2.05, 4.69) is 20.6 Å². The fourth-order valence-corrected chi connectivity index (χ4v) is 3.20. The van der Waals surface area contributed by atoms with Crippen molar-refractivity contribution in [3.63, 3.8) is 0 Å². The summed E-state index contributed by atoms with van der Waals surface area (Å²) in [5.41, 5.74) is 2.14. The number of carbonyl (C=O) groups excluding carboxylic acids is 1. The van der Waals surface area contributed by atoms with Crippen molar-refractivity contribution in [1.29, 1.82) is 5.41 Å². The molecule has 1 amide bonds. The number of rotatable bonds is 7. The molecule has 3 aromatic rings. The van der Waals surface area contributed by atoms with Crippen LogP contribution in [-0.2, 0) is 6.54 Å². The maximum Gasteiger partial charge on any atom is 0.258 e. The summed E-state index contributed by atoms with van der Waals surface area (Å²) in [5.74, 6) is 0.609. The zero-order valence-corrected chi connectivity index (χ0v) is 17.8. The van der Waals surface area contributed by atoms with E-state index in [4.69, 9.17) is 33.3 Å². The number of nitrogens with one attached hydrogen (secondary N) is 3. The van der Waals surface area contributed by atoms with Crippen LogP contribution in [-0.4, -0.2) is 28.7 Å². The summed E-state index contributed by atoms with van der Waals surface area (Å²) in [6.07, 6.45) is 4.69. The molecule has 30 heavy (non-hydrogen) atoms. The van der Waals surface area contributed by atoms with E-state index in [9.17, 15) is 4.79 Å². The Morgan fingerprint density at radius 2 is 1.90 bits per heavy atom. The SMILES string of the molecule is COc1cncc(CNc2ncc(C(=O)Nc3ccc(Cl)cc3)c(Cl)c2C(C)=N)c1. The van der Waals surface area contributed by atoms with Gasteiger partial charge in [0.15, 0.2) is 0 Å². The molecule has 0 atom stereocenters. The molecule has 154 valence electrons. The number of hydrogen-bond donors (Lipinski definition) is 3. The zero-order valence-electron chi connectivity index (χ0n) is 16.3. The predicted molar refractivity (Wildman–Crippen MR) is 119 cm³/mol. The number of pyridine rings is 2. The predicted octanol–water partition coefficient (Wildman–Crippen LogP) is 5.04. The van der Waals surface area contributed by atoms with Crippen LogP contribution in [0.3, 0.4) is 0 Å². The molecule has 2 aromatic heterocycles. The number of hydrogen-bond acceptors (Lipinski definition) is 6. The van der Waals surface area contributed by atoms with Crippen molar-refractivity contribution in [2.24, 2.45) is 0 Å². The fraction of sp³-hybridized carbons (Fsp3) is 0.143.